The van der Waals surface area contributed by atoms with Gasteiger partial charge in [-0.3, -0.25) is 0 Å². The van der Waals surface area contributed by atoms with Crippen molar-refractivity contribution in [1.29, 1.82) is 0 Å². The van der Waals surface area contributed by atoms with E-state index in [-0.39, 0.29) is 5.82 Å². The minimum Gasteiger partial charge on any atom is -0.465 e. The zero-order chi connectivity index (χ0) is 10.0. The van der Waals surface area contributed by atoms with Crippen molar-refractivity contribution in [2.24, 2.45) is 0 Å². The van der Waals surface area contributed by atoms with Crippen LogP contribution < -0.4 is 10.6 Å². The van der Waals surface area contributed by atoms with Gasteiger partial charge in [-0.05, 0) is 0 Å². The first kappa shape index (κ1) is 9.79. The molecular weight excluding hydrogens is 190 g/mol. The molecule has 0 bridgehead atoms. The third-order valence-electron chi connectivity index (χ3n) is 1.40. The average molecular weight is 201 g/mol. The van der Waals surface area contributed by atoms with Gasteiger partial charge in [-0.15, -0.1) is 0 Å². The summed E-state index contributed by atoms with van der Waals surface area (Å²) >= 11 is 1.22. The lowest BCUT2D eigenvalue weighted by Gasteiger charge is -2.04. The highest BCUT2D eigenvalue weighted by atomic mass is 32.1. The van der Waals surface area contributed by atoms with Gasteiger partial charge in [-0.2, -0.15) is 0 Å². The Hall–Kier alpha value is -1.30. The van der Waals surface area contributed by atoms with E-state index in [0.717, 1.165) is 0 Å². The van der Waals surface area contributed by atoms with E-state index in [2.05, 4.69) is 9.72 Å². The molecule has 72 valence electrons. The normalized spacial score (nSPS) is 9.77. The molecule has 0 aliphatic rings. The Kier molecular flexibility index (Phi) is 2.72. The van der Waals surface area contributed by atoms with E-state index < -0.39 is 5.97 Å². The average Bonchev–Trinajstić information content (AvgIpc) is 2.46. The number of nitrogen functional groups attached to an aromatic ring is 1. The van der Waals surface area contributed by atoms with Crippen LogP contribution in [0.2, 0.25) is 0 Å². The Morgan fingerprint density at radius 2 is 2.23 bits per heavy atom. The number of hydrogen-bond donors (Lipinski definition) is 1. The number of carbonyl (C=O) groups excluding carboxylic acids is 1. The van der Waals surface area contributed by atoms with Crippen molar-refractivity contribution in [2.45, 2.75) is 0 Å². The van der Waals surface area contributed by atoms with E-state index in [1.807, 2.05) is 14.1 Å². The molecule has 0 aromatic carbocycles. The number of anilines is 2. The van der Waals surface area contributed by atoms with Crippen molar-refractivity contribution >= 4 is 28.3 Å². The van der Waals surface area contributed by atoms with Gasteiger partial charge in [-0.25, -0.2) is 9.78 Å². The van der Waals surface area contributed by atoms with Crippen LogP contribution in [0.15, 0.2) is 0 Å². The summed E-state index contributed by atoms with van der Waals surface area (Å²) in [5, 5.41) is 0.693. The molecule has 0 amide bonds. The minimum absolute atomic E-state index is 0.223. The summed E-state index contributed by atoms with van der Waals surface area (Å²) in [6.45, 7) is 0. The van der Waals surface area contributed by atoms with Gasteiger partial charge in [0.2, 0.25) is 0 Å². The second-order valence-electron chi connectivity index (χ2n) is 2.60. The van der Waals surface area contributed by atoms with E-state index in [9.17, 15) is 4.79 Å². The predicted octanol–water partition coefficient (Wildman–Crippen LogP) is 0.578. The van der Waals surface area contributed by atoms with E-state index >= 15 is 0 Å². The maximum atomic E-state index is 11.1. The monoisotopic (exact) mass is 201 g/mol. The van der Waals surface area contributed by atoms with E-state index in [1.54, 1.807) is 4.90 Å². The van der Waals surface area contributed by atoms with Gasteiger partial charge in [0, 0.05) is 14.1 Å². The molecule has 0 spiro atoms. The number of methoxy groups -OCH3 is 1. The number of hydrogen-bond acceptors (Lipinski definition) is 6. The fraction of sp³-hybridized carbons (Fsp3) is 0.429. The molecule has 1 rings (SSSR count). The summed E-state index contributed by atoms with van der Waals surface area (Å²) in [6.07, 6.45) is 0. The molecule has 5 nitrogen and oxygen atoms in total. The van der Waals surface area contributed by atoms with Crippen LogP contribution in [0.4, 0.5) is 10.9 Å². The molecule has 2 N–H and O–H groups in total. The number of thiazole rings is 1. The van der Waals surface area contributed by atoms with Gasteiger partial charge < -0.3 is 15.4 Å². The van der Waals surface area contributed by atoms with Crippen LogP contribution in [-0.2, 0) is 4.74 Å². The molecule has 0 radical (unpaired) electrons. The quantitative estimate of drug-likeness (QED) is 0.709. The second kappa shape index (κ2) is 3.61. The summed E-state index contributed by atoms with van der Waals surface area (Å²) in [4.78, 5) is 17.3. The highest BCUT2D eigenvalue weighted by molar-refractivity contribution is 7.18. The Bertz CT molecular complexity index is 322. The zero-order valence-corrected chi connectivity index (χ0v) is 8.51. The SMILES string of the molecule is COC(=O)c1sc(N(C)C)nc1N. The minimum atomic E-state index is -0.442. The maximum absolute atomic E-state index is 11.1. The molecule has 6 heteroatoms. The van der Waals surface area contributed by atoms with E-state index in [4.69, 9.17) is 5.73 Å². The maximum Gasteiger partial charge on any atom is 0.351 e. The van der Waals surface area contributed by atoms with Gasteiger partial charge in [0.25, 0.3) is 0 Å². The topological polar surface area (TPSA) is 68.5 Å². The smallest absolute Gasteiger partial charge is 0.351 e. The fourth-order valence-electron chi connectivity index (χ4n) is 0.750. The summed E-state index contributed by atoms with van der Waals surface area (Å²) in [5.41, 5.74) is 5.53. The summed E-state index contributed by atoms with van der Waals surface area (Å²) < 4.78 is 4.54. The Balaban J connectivity index is 3.03. The zero-order valence-electron chi connectivity index (χ0n) is 7.70. The summed E-state index contributed by atoms with van der Waals surface area (Å²) in [7, 11) is 4.98. The van der Waals surface area contributed by atoms with Gasteiger partial charge >= 0.3 is 5.97 Å². The number of carbonyl (C=O) groups is 1. The van der Waals surface area contributed by atoms with Crippen LogP contribution >= 0.6 is 11.3 Å². The van der Waals surface area contributed by atoms with E-state index in [1.165, 1.54) is 18.4 Å². The van der Waals surface area contributed by atoms with Gasteiger partial charge in [-0.1, -0.05) is 11.3 Å². The number of nitrogens with two attached hydrogens (primary N) is 1. The van der Waals surface area contributed by atoms with Gasteiger partial charge in [0.1, 0.15) is 0 Å². The van der Waals surface area contributed by atoms with Crippen molar-refractivity contribution in [2.75, 3.05) is 31.8 Å². The van der Waals surface area contributed by atoms with Crippen LogP contribution in [0.1, 0.15) is 9.67 Å². The molecule has 13 heavy (non-hydrogen) atoms. The second-order valence-corrected chi connectivity index (χ2v) is 3.57. The standard InChI is InChI=1S/C7H11N3O2S/c1-10(2)7-9-5(8)4(13-7)6(11)12-3/h8H2,1-3H3. The van der Waals surface area contributed by atoms with Crippen LogP contribution in [0.25, 0.3) is 0 Å². The molecule has 1 aromatic heterocycles. The molecule has 0 aliphatic heterocycles. The lowest BCUT2D eigenvalue weighted by Crippen LogP contribution is -2.07. The first-order valence-corrected chi connectivity index (χ1v) is 4.40. The van der Waals surface area contributed by atoms with Crippen LogP contribution in [-0.4, -0.2) is 32.2 Å². The number of esters is 1. The Morgan fingerprint density at radius 1 is 1.62 bits per heavy atom. The first-order chi connectivity index (χ1) is 6.06. The molecule has 1 heterocycles. The van der Waals surface area contributed by atoms with Crippen LogP contribution in [0.5, 0.6) is 0 Å². The van der Waals surface area contributed by atoms with Crippen LogP contribution in [0.3, 0.4) is 0 Å². The molecule has 0 aliphatic carbocycles. The third kappa shape index (κ3) is 1.89. The Labute approximate surface area is 80.1 Å². The van der Waals surface area contributed by atoms with Crippen LogP contribution in [0, 0.1) is 0 Å². The lowest BCUT2D eigenvalue weighted by atomic mass is 10.5. The van der Waals surface area contributed by atoms with Crippen molar-refractivity contribution < 1.29 is 9.53 Å². The number of aromatic nitrogens is 1. The molecule has 0 fully saturated rings. The molecule has 0 saturated heterocycles. The molecule has 0 atom stereocenters. The predicted molar refractivity (Wildman–Crippen MR) is 52.2 cm³/mol. The van der Waals surface area contributed by atoms with Crippen molar-refractivity contribution in [3.63, 3.8) is 0 Å². The van der Waals surface area contributed by atoms with Gasteiger partial charge in [0.15, 0.2) is 15.8 Å². The Morgan fingerprint density at radius 3 is 2.62 bits per heavy atom. The van der Waals surface area contributed by atoms with Crippen molar-refractivity contribution in [3.05, 3.63) is 4.88 Å². The first-order valence-electron chi connectivity index (χ1n) is 3.58. The largest absolute Gasteiger partial charge is 0.465 e. The van der Waals surface area contributed by atoms with Crippen molar-refractivity contribution in [3.8, 4) is 0 Å². The van der Waals surface area contributed by atoms with Crippen molar-refractivity contribution in [1.82, 2.24) is 4.98 Å². The summed E-state index contributed by atoms with van der Waals surface area (Å²) in [6, 6.07) is 0. The fourth-order valence-corrected chi connectivity index (χ4v) is 1.58. The molecular formula is C7H11N3O2S. The number of nitrogens with zero attached hydrogens (tertiary/aromatic N) is 2. The highest BCUT2D eigenvalue weighted by Gasteiger charge is 2.16. The highest BCUT2D eigenvalue weighted by Crippen LogP contribution is 2.26. The molecule has 0 saturated carbocycles. The summed E-state index contributed by atoms with van der Waals surface area (Å²) in [5.74, 6) is -0.219. The van der Waals surface area contributed by atoms with Gasteiger partial charge in [0.05, 0.1) is 7.11 Å². The third-order valence-corrected chi connectivity index (χ3v) is 2.61. The molecule has 1 aromatic rings. The lowest BCUT2D eigenvalue weighted by molar-refractivity contribution is 0.0607. The number of rotatable bonds is 2. The number of ether oxygens (including phenoxy) is 1. The molecule has 0 unspecified atom stereocenters. The van der Waals surface area contributed by atoms with E-state index in [0.29, 0.717) is 10.0 Å².